The Labute approximate surface area is 79.6 Å². The predicted molar refractivity (Wildman–Crippen MR) is 46.5 cm³/mol. The van der Waals surface area contributed by atoms with Gasteiger partial charge in [-0.2, -0.15) is 0 Å². The zero-order chi connectivity index (χ0) is 10.7. The van der Waals surface area contributed by atoms with E-state index in [0.29, 0.717) is 12.2 Å². The van der Waals surface area contributed by atoms with Gasteiger partial charge >= 0.3 is 11.9 Å². The van der Waals surface area contributed by atoms with Crippen molar-refractivity contribution >= 4 is 11.9 Å². The molecule has 0 aliphatic rings. The highest BCUT2D eigenvalue weighted by molar-refractivity contribution is 5.98. The Hall–Kier alpha value is -1.85. The van der Waals surface area contributed by atoms with Crippen molar-refractivity contribution in [3.63, 3.8) is 0 Å². The number of aromatic carboxylic acids is 2. The smallest absolute Gasteiger partial charge is 0.357 e. The first-order chi connectivity index (χ1) is 6.56. The zero-order valence-corrected chi connectivity index (χ0v) is 7.57. The molecular formula is C8H10N2O4. The molecule has 0 atom stereocenters. The molecule has 14 heavy (non-hydrogen) atoms. The van der Waals surface area contributed by atoms with Gasteiger partial charge in [0.15, 0.2) is 11.4 Å². The van der Waals surface area contributed by atoms with Crippen LogP contribution in [-0.4, -0.2) is 32.1 Å². The summed E-state index contributed by atoms with van der Waals surface area (Å²) in [5.41, 5.74) is -0.790. The predicted octanol–water partition coefficient (Wildman–Crippen LogP) is 0.759. The van der Waals surface area contributed by atoms with Crippen LogP contribution in [0.2, 0.25) is 0 Å². The number of aryl methyl sites for hydroxylation is 1. The number of aromatic nitrogens is 2. The lowest BCUT2D eigenvalue weighted by atomic mass is 10.3. The van der Waals surface area contributed by atoms with Gasteiger partial charge in [0.1, 0.15) is 5.82 Å². The lowest BCUT2D eigenvalue weighted by molar-refractivity contribution is 0.0644. The van der Waals surface area contributed by atoms with Crippen molar-refractivity contribution in [2.24, 2.45) is 0 Å². The van der Waals surface area contributed by atoms with E-state index in [1.165, 1.54) is 0 Å². The first-order valence-electron chi connectivity index (χ1n) is 4.11. The van der Waals surface area contributed by atoms with Crippen LogP contribution in [0.4, 0.5) is 0 Å². The molecule has 0 unspecified atom stereocenters. The SMILES string of the molecule is CCCc1nc(C(=O)O)c(C(=O)O)[nH]1. The van der Waals surface area contributed by atoms with Gasteiger partial charge in [-0.1, -0.05) is 6.92 Å². The molecule has 0 spiro atoms. The highest BCUT2D eigenvalue weighted by Crippen LogP contribution is 2.07. The van der Waals surface area contributed by atoms with Crippen molar-refractivity contribution in [3.05, 3.63) is 17.2 Å². The average Bonchev–Trinajstić information content (AvgIpc) is 2.49. The largest absolute Gasteiger partial charge is 0.477 e. The lowest BCUT2D eigenvalue weighted by Gasteiger charge is -1.89. The Morgan fingerprint density at radius 2 is 2.00 bits per heavy atom. The van der Waals surface area contributed by atoms with Crippen LogP contribution in [0, 0.1) is 0 Å². The summed E-state index contributed by atoms with van der Waals surface area (Å²) in [5, 5.41) is 17.3. The molecule has 1 aromatic heterocycles. The Balaban J connectivity index is 3.12. The molecule has 0 aliphatic heterocycles. The first-order valence-corrected chi connectivity index (χ1v) is 4.11. The second-order valence-corrected chi connectivity index (χ2v) is 2.77. The maximum absolute atomic E-state index is 10.6. The first kappa shape index (κ1) is 10.2. The molecule has 6 heteroatoms. The summed E-state index contributed by atoms with van der Waals surface area (Å²) in [6.45, 7) is 1.89. The fraction of sp³-hybridized carbons (Fsp3) is 0.375. The van der Waals surface area contributed by atoms with E-state index in [4.69, 9.17) is 10.2 Å². The number of carboxylic acid groups (broad SMARTS) is 2. The number of aromatic amines is 1. The van der Waals surface area contributed by atoms with Crippen LogP contribution in [0.25, 0.3) is 0 Å². The van der Waals surface area contributed by atoms with Crippen LogP contribution >= 0.6 is 0 Å². The Bertz CT molecular complexity index is 338. The molecular weight excluding hydrogens is 188 g/mol. The van der Waals surface area contributed by atoms with Gasteiger partial charge in [-0.3, -0.25) is 0 Å². The van der Waals surface area contributed by atoms with E-state index in [-0.39, 0.29) is 5.69 Å². The molecule has 3 N–H and O–H groups in total. The number of carboxylic acids is 2. The van der Waals surface area contributed by atoms with E-state index in [9.17, 15) is 9.59 Å². The minimum atomic E-state index is -1.33. The number of H-pyrrole nitrogens is 1. The van der Waals surface area contributed by atoms with Gasteiger partial charge in [-0.15, -0.1) is 0 Å². The van der Waals surface area contributed by atoms with E-state index in [1.807, 2.05) is 6.92 Å². The molecule has 1 rings (SSSR count). The number of nitrogens with zero attached hydrogens (tertiary/aromatic N) is 1. The zero-order valence-electron chi connectivity index (χ0n) is 7.57. The fourth-order valence-corrected chi connectivity index (χ4v) is 1.09. The molecule has 0 saturated carbocycles. The van der Waals surface area contributed by atoms with Gasteiger partial charge in [-0.25, -0.2) is 14.6 Å². The highest BCUT2D eigenvalue weighted by atomic mass is 16.4. The Morgan fingerprint density at radius 1 is 1.36 bits per heavy atom. The number of carbonyl (C=O) groups is 2. The molecule has 76 valence electrons. The lowest BCUT2D eigenvalue weighted by Crippen LogP contribution is -2.07. The van der Waals surface area contributed by atoms with E-state index in [0.717, 1.165) is 6.42 Å². The molecule has 0 aromatic carbocycles. The molecule has 0 fully saturated rings. The molecule has 0 aliphatic carbocycles. The van der Waals surface area contributed by atoms with Crippen molar-refractivity contribution in [3.8, 4) is 0 Å². The normalized spacial score (nSPS) is 10.1. The second-order valence-electron chi connectivity index (χ2n) is 2.77. The van der Waals surface area contributed by atoms with Crippen LogP contribution in [-0.2, 0) is 6.42 Å². The fourth-order valence-electron chi connectivity index (χ4n) is 1.09. The van der Waals surface area contributed by atoms with Gasteiger partial charge in [-0.05, 0) is 6.42 Å². The monoisotopic (exact) mass is 198 g/mol. The third-order valence-electron chi connectivity index (χ3n) is 1.66. The summed E-state index contributed by atoms with van der Waals surface area (Å²) in [4.78, 5) is 27.4. The standard InChI is InChI=1S/C8H10N2O4/c1-2-3-4-9-5(7(11)12)6(10-4)8(13)14/h2-3H2,1H3,(H,9,10)(H,11,12)(H,13,14). The summed E-state index contributed by atoms with van der Waals surface area (Å²) in [7, 11) is 0. The van der Waals surface area contributed by atoms with Crippen LogP contribution < -0.4 is 0 Å². The quantitative estimate of drug-likeness (QED) is 0.662. The van der Waals surface area contributed by atoms with Crippen LogP contribution in [0.15, 0.2) is 0 Å². The van der Waals surface area contributed by atoms with E-state index in [2.05, 4.69) is 9.97 Å². The summed E-state index contributed by atoms with van der Waals surface area (Å²) < 4.78 is 0. The number of hydrogen-bond donors (Lipinski definition) is 3. The van der Waals surface area contributed by atoms with Crippen molar-refractivity contribution < 1.29 is 19.8 Å². The Morgan fingerprint density at radius 3 is 2.36 bits per heavy atom. The molecule has 0 bridgehead atoms. The molecule has 0 radical (unpaired) electrons. The van der Waals surface area contributed by atoms with E-state index in [1.54, 1.807) is 0 Å². The van der Waals surface area contributed by atoms with Gasteiger partial charge in [0.05, 0.1) is 0 Å². The van der Waals surface area contributed by atoms with E-state index >= 15 is 0 Å². The summed E-state index contributed by atoms with van der Waals surface area (Å²) in [6.07, 6.45) is 1.30. The van der Waals surface area contributed by atoms with Crippen molar-refractivity contribution in [2.45, 2.75) is 19.8 Å². The Kier molecular flexibility index (Phi) is 2.85. The number of rotatable bonds is 4. The van der Waals surface area contributed by atoms with Crippen molar-refractivity contribution in [1.29, 1.82) is 0 Å². The second kappa shape index (κ2) is 3.91. The van der Waals surface area contributed by atoms with Gasteiger partial charge in [0.2, 0.25) is 0 Å². The molecule has 1 heterocycles. The molecule has 6 nitrogen and oxygen atoms in total. The maximum atomic E-state index is 10.6. The summed E-state index contributed by atoms with van der Waals surface area (Å²) in [6, 6.07) is 0. The topological polar surface area (TPSA) is 103 Å². The minimum Gasteiger partial charge on any atom is -0.477 e. The molecule has 0 saturated heterocycles. The third kappa shape index (κ3) is 1.90. The van der Waals surface area contributed by atoms with Crippen molar-refractivity contribution in [2.75, 3.05) is 0 Å². The summed E-state index contributed by atoms with van der Waals surface area (Å²) in [5.74, 6) is -2.25. The number of nitrogens with one attached hydrogen (secondary N) is 1. The van der Waals surface area contributed by atoms with E-state index < -0.39 is 17.6 Å². The number of hydrogen-bond acceptors (Lipinski definition) is 3. The van der Waals surface area contributed by atoms with Crippen LogP contribution in [0.5, 0.6) is 0 Å². The minimum absolute atomic E-state index is 0.360. The third-order valence-corrected chi connectivity index (χ3v) is 1.66. The van der Waals surface area contributed by atoms with Crippen LogP contribution in [0.1, 0.15) is 40.1 Å². The van der Waals surface area contributed by atoms with Crippen molar-refractivity contribution in [1.82, 2.24) is 9.97 Å². The highest BCUT2D eigenvalue weighted by Gasteiger charge is 2.21. The van der Waals surface area contributed by atoms with Gasteiger partial charge in [0, 0.05) is 6.42 Å². The van der Waals surface area contributed by atoms with Gasteiger partial charge < -0.3 is 15.2 Å². The summed E-state index contributed by atoms with van der Waals surface area (Å²) >= 11 is 0. The maximum Gasteiger partial charge on any atom is 0.357 e. The average molecular weight is 198 g/mol. The van der Waals surface area contributed by atoms with Gasteiger partial charge in [0.25, 0.3) is 0 Å². The van der Waals surface area contributed by atoms with Crippen LogP contribution in [0.3, 0.4) is 0 Å². The molecule has 0 amide bonds. The molecule has 1 aromatic rings. The number of imidazole rings is 1.